The number of carbonyl (C=O) groups excluding carboxylic acids is 1. The molecule has 0 bridgehead atoms. The van der Waals surface area contributed by atoms with Crippen LogP contribution in [0.5, 0.6) is 0 Å². The van der Waals surface area contributed by atoms with Gasteiger partial charge in [0.25, 0.3) is 5.91 Å². The number of carbonyl (C=O) groups is 1. The quantitative estimate of drug-likeness (QED) is 0.237. The third-order valence-electron chi connectivity index (χ3n) is 4.16. The fourth-order valence-electron chi connectivity index (χ4n) is 2.91. The predicted molar refractivity (Wildman–Crippen MR) is 111 cm³/mol. The molecule has 3 N–H and O–H groups in total. The lowest BCUT2D eigenvalue weighted by Crippen LogP contribution is -2.42. The number of likely N-dealkylation sites (N-methyl/N-ethyl adjacent to an activating group) is 1. The van der Waals surface area contributed by atoms with Crippen LogP contribution in [-0.2, 0) is 0 Å². The number of amides is 1. The molecule has 2 heterocycles. The van der Waals surface area contributed by atoms with E-state index in [1.165, 1.54) is 25.6 Å². The van der Waals surface area contributed by atoms with Crippen molar-refractivity contribution in [3.8, 4) is 0 Å². The Morgan fingerprint density at radius 3 is 2.80 bits per heavy atom. The maximum Gasteiger partial charge on any atom is 0.287 e. The largest absolute Gasteiger partial charge is 0.459 e. The minimum Gasteiger partial charge on any atom is -0.459 e. The minimum absolute atomic E-state index is 0. The Balaban J connectivity index is 0.00000312. The first-order valence-electron chi connectivity index (χ1n) is 8.82. The van der Waals surface area contributed by atoms with Gasteiger partial charge in [0.2, 0.25) is 0 Å². The van der Waals surface area contributed by atoms with Crippen LogP contribution < -0.4 is 16.0 Å². The van der Waals surface area contributed by atoms with Crippen molar-refractivity contribution in [2.45, 2.75) is 32.7 Å². The molecule has 2 rings (SSSR count). The lowest BCUT2D eigenvalue weighted by molar-refractivity contribution is 0.0926. The molecule has 0 spiro atoms. The summed E-state index contributed by atoms with van der Waals surface area (Å²) in [5, 5.41) is 9.31. The molecule has 1 fully saturated rings. The average Bonchev–Trinajstić information content (AvgIpc) is 3.27. The van der Waals surface area contributed by atoms with E-state index in [-0.39, 0.29) is 29.9 Å². The molecule has 1 aromatic heterocycles. The first-order chi connectivity index (χ1) is 11.7. The van der Waals surface area contributed by atoms with Crippen LogP contribution in [0, 0.1) is 0 Å². The summed E-state index contributed by atoms with van der Waals surface area (Å²) in [4.78, 5) is 18.9. The molecule has 0 aromatic carbocycles. The first kappa shape index (κ1) is 21.8. The smallest absolute Gasteiger partial charge is 0.287 e. The van der Waals surface area contributed by atoms with Gasteiger partial charge in [-0.05, 0) is 45.0 Å². The highest BCUT2D eigenvalue weighted by Gasteiger charge is 2.22. The number of furan rings is 1. The summed E-state index contributed by atoms with van der Waals surface area (Å²) in [5.74, 6) is 0.928. The standard InChI is InChI=1S/C17H29N5O2.HI/c1-3-18-17(21-13-14-7-5-11-22(14)4-2)20-10-9-19-16(23)15-8-6-12-24-15;/h6,8,12,14H,3-5,7,9-11,13H2,1-2H3,(H,19,23)(H2,18,20,21);1H. The van der Waals surface area contributed by atoms with Gasteiger partial charge in [-0.15, -0.1) is 24.0 Å². The highest BCUT2D eigenvalue weighted by Crippen LogP contribution is 2.16. The van der Waals surface area contributed by atoms with Gasteiger partial charge in [-0.25, -0.2) is 0 Å². The molecule has 1 aliphatic rings. The number of hydrogen-bond acceptors (Lipinski definition) is 4. The van der Waals surface area contributed by atoms with Crippen molar-refractivity contribution in [2.75, 3.05) is 39.3 Å². The maximum atomic E-state index is 11.8. The van der Waals surface area contributed by atoms with Crippen molar-refractivity contribution in [3.63, 3.8) is 0 Å². The molecule has 142 valence electrons. The van der Waals surface area contributed by atoms with Crippen molar-refractivity contribution in [1.29, 1.82) is 0 Å². The molecule has 1 unspecified atom stereocenters. The zero-order chi connectivity index (χ0) is 17.2. The van der Waals surface area contributed by atoms with E-state index in [2.05, 4.69) is 32.8 Å². The zero-order valence-electron chi connectivity index (χ0n) is 15.1. The second-order valence-electron chi connectivity index (χ2n) is 5.80. The summed E-state index contributed by atoms with van der Waals surface area (Å²) in [6.07, 6.45) is 3.97. The Hall–Kier alpha value is -1.29. The summed E-state index contributed by atoms with van der Waals surface area (Å²) in [7, 11) is 0. The topological polar surface area (TPSA) is 81.9 Å². The highest BCUT2D eigenvalue weighted by molar-refractivity contribution is 14.0. The van der Waals surface area contributed by atoms with Crippen LogP contribution in [0.25, 0.3) is 0 Å². The van der Waals surface area contributed by atoms with Crippen molar-refractivity contribution in [1.82, 2.24) is 20.9 Å². The molecule has 0 saturated carbocycles. The van der Waals surface area contributed by atoms with E-state index < -0.39 is 0 Å². The van der Waals surface area contributed by atoms with Gasteiger partial charge in [-0.1, -0.05) is 6.92 Å². The summed E-state index contributed by atoms with van der Waals surface area (Å²) in [6, 6.07) is 3.89. The number of nitrogens with zero attached hydrogens (tertiary/aromatic N) is 2. The molecule has 25 heavy (non-hydrogen) atoms. The number of guanidine groups is 1. The first-order valence-corrected chi connectivity index (χ1v) is 8.82. The van der Waals surface area contributed by atoms with Crippen LogP contribution in [0.15, 0.2) is 27.8 Å². The van der Waals surface area contributed by atoms with Gasteiger partial charge in [0.1, 0.15) is 0 Å². The predicted octanol–water partition coefficient (Wildman–Crippen LogP) is 1.67. The molecule has 8 heteroatoms. The highest BCUT2D eigenvalue weighted by atomic mass is 127. The van der Waals surface area contributed by atoms with Crippen LogP contribution in [0.3, 0.4) is 0 Å². The van der Waals surface area contributed by atoms with E-state index >= 15 is 0 Å². The van der Waals surface area contributed by atoms with Gasteiger partial charge in [-0.2, -0.15) is 0 Å². The molecule has 1 aliphatic heterocycles. The van der Waals surface area contributed by atoms with E-state index in [1.54, 1.807) is 12.1 Å². The fourth-order valence-corrected chi connectivity index (χ4v) is 2.91. The molecule has 1 amide bonds. The van der Waals surface area contributed by atoms with Crippen molar-refractivity contribution in [2.24, 2.45) is 4.99 Å². The van der Waals surface area contributed by atoms with Crippen molar-refractivity contribution < 1.29 is 9.21 Å². The molecule has 1 saturated heterocycles. The number of nitrogens with one attached hydrogen (secondary N) is 3. The van der Waals surface area contributed by atoms with Crippen molar-refractivity contribution in [3.05, 3.63) is 24.2 Å². The summed E-state index contributed by atoms with van der Waals surface area (Å²) in [5.41, 5.74) is 0. The van der Waals surface area contributed by atoms with E-state index in [1.807, 2.05) is 6.92 Å². The Labute approximate surface area is 167 Å². The second-order valence-corrected chi connectivity index (χ2v) is 5.80. The summed E-state index contributed by atoms with van der Waals surface area (Å²) in [6.45, 7) is 9.25. The average molecular weight is 463 g/mol. The van der Waals surface area contributed by atoms with E-state index in [0.717, 1.165) is 25.6 Å². The van der Waals surface area contributed by atoms with Gasteiger partial charge in [-0.3, -0.25) is 14.7 Å². The third-order valence-corrected chi connectivity index (χ3v) is 4.16. The molecule has 0 radical (unpaired) electrons. The van der Waals surface area contributed by atoms with Crippen LogP contribution in [0.1, 0.15) is 37.2 Å². The van der Waals surface area contributed by atoms with Crippen LogP contribution in [-0.4, -0.2) is 62.1 Å². The molecule has 0 aliphatic carbocycles. The number of hydrogen-bond donors (Lipinski definition) is 3. The molecule has 7 nitrogen and oxygen atoms in total. The normalized spacial score (nSPS) is 17.8. The van der Waals surface area contributed by atoms with Crippen LogP contribution >= 0.6 is 24.0 Å². The van der Waals surface area contributed by atoms with Gasteiger partial charge in [0, 0.05) is 25.7 Å². The SMILES string of the molecule is CCNC(=NCC1CCCN1CC)NCCNC(=O)c1ccco1.I. The molecular weight excluding hydrogens is 433 g/mol. The Bertz CT molecular complexity index is 521. The number of likely N-dealkylation sites (tertiary alicyclic amines) is 1. The fraction of sp³-hybridized carbons (Fsp3) is 0.647. The van der Waals surface area contributed by atoms with E-state index in [9.17, 15) is 4.79 Å². The van der Waals surface area contributed by atoms with Crippen LogP contribution in [0.4, 0.5) is 0 Å². The van der Waals surface area contributed by atoms with E-state index in [4.69, 9.17) is 4.42 Å². The summed E-state index contributed by atoms with van der Waals surface area (Å²) < 4.78 is 5.06. The monoisotopic (exact) mass is 463 g/mol. The Morgan fingerprint density at radius 1 is 1.32 bits per heavy atom. The molecule has 1 aromatic rings. The number of aliphatic imine (C=N–C) groups is 1. The van der Waals surface area contributed by atoms with Gasteiger partial charge in [0.05, 0.1) is 12.8 Å². The lowest BCUT2D eigenvalue weighted by Gasteiger charge is -2.21. The van der Waals surface area contributed by atoms with Gasteiger partial charge in [0.15, 0.2) is 11.7 Å². The van der Waals surface area contributed by atoms with Crippen molar-refractivity contribution >= 4 is 35.8 Å². The number of halogens is 1. The maximum absolute atomic E-state index is 11.8. The zero-order valence-corrected chi connectivity index (χ0v) is 17.4. The summed E-state index contributed by atoms with van der Waals surface area (Å²) >= 11 is 0. The Morgan fingerprint density at radius 2 is 2.12 bits per heavy atom. The lowest BCUT2D eigenvalue weighted by atomic mass is 10.2. The molecular formula is C17H30IN5O2. The molecule has 1 atom stereocenters. The van der Waals surface area contributed by atoms with Crippen LogP contribution in [0.2, 0.25) is 0 Å². The van der Waals surface area contributed by atoms with Gasteiger partial charge < -0.3 is 20.4 Å². The minimum atomic E-state index is -0.201. The Kier molecular flexibility index (Phi) is 10.6. The third kappa shape index (κ3) is 7.23. The van der Waals surface area contributed by atoms with Gasteiger partial charge >= 0.3 is 0 Å². The second kappa shape index (κ2) is 12.1. The van der Waals surface area contributed by atoms with E-state index in [0.29, 0.717) is 24.9 Å². The number of rotatable bonds is 8.